The maximum absolute atomic E-state index is 14.4. The minimum absolute atomic E-state index is 0.00134. The van der Waals surface area contributed by atoms with E-state index in [9.17, 15) is 54.3 Å². The van der Waals surface area contributed by atoms with Crippen LogP contribution in [0.5, 0.6) is 0 Å². The molecule has 15 heteroatoms. The van der Waals surface area contributed by atoms with Crippen molar-refractivity contribution in [3.8, 4) is 0 Å². The minimum Gasteiger partial charge on any atom is -0.481 e. The number of ether oxygens (including phenoxy) is 4. The smallest absolute Gasteiger partial charge is 0.336 e. The molecular formula is C32H42O15. The van der Waals surface area contributed by atoms with Gasteiger partial charge in [-0.25, -0.2) is 19.2 Å². The predicted octanol–water partition coefficient (Wildman–Crippen LogP) is 2.23. The van der Waals surface area contributed by atoms with E-state index in [2.05, 4.69) is 0 Å². The number of hydrogen-bond donors (Lipinski definition) is 5. The summed E-state index contributed by atoms with van der Waals surface area (Å²) in [5, 5.41) is 48.8. The van der Waals surface area contributed by atoms with E-state index in [4.69, 9.17) is 18.9 Å². The SMILES string of the molecule is CC(CCC(=O)O)C1CCC2C3C(CC(=O)[C@]12C)[C@@]1(C)CCC2(CC1CC31OC(C(=O)O)C(C(=O)O)O1)OC(C(=O)O)C(C(=O)O)O2. The number of ketones is 1. The van der Waals surface area contributed by atoms with E-state index in [0.717, 1.165) is 0 Å². The number of fused-ring (bicyclic) bond motifs is 6. The van der Waals surface area contributed by atoms with Gasteiger partial charge in [-0.1, -0.05) is 20.8 Å². The maximum Gasteiger partial charge on any atom is 0.336 e. The summed E-state index contributed by atoms with van der Waals surface area (Å²) in [7, 11) is 0. The van der Waals surface area contributed by atoms with Gasteiger partial charge in [0.25, 0.3) is 0 Å². The van der Waals surface area contributed by atoms with Crippen LogP contribution >= 0.6 is 0 Å². The second-order valence-corrected chi connectivity index (χ2v) is 15.1. The summed E-state index contributed by atoms with van der Waals surface area (Å²) >= 11 is 0. The summed E-state index contributed by atoms with van der Waals surface area (Å²) in [6, 6.07) is 0. The molecule has 6 rings (SSSR count). The Morgan fingerprint density at radius 2 is 1.30 bits per heavy atom. The summed E-state index contributed by atoms with van der Waals surface area (Å²) in [6.07, 6.45) is -5.14. The Morgan fingerprint density at radius 1 is 0.766 bits per heavy atom. The lowest BCUT2D eigenvalue weighted by Gasteiger charge is -2.65. The van der Waals surface area contributed by atoms with E-state index in [-0.39, 0.29) is 55.6 Å². The van der Waals surface area contributed by atoms with E-state index in [1.165, 1.54) is 0 Å². The van der Waals surface area contributed by atoms with Gasteiger partial charge in [-0.15, -0.1) is 0 Å². The molecular weight excluding hydrogens is 624 g/mol. The molecule has 2 heterocycles. The molecule has 4 aliphatic carbocycles. The molecule has 0 radical (unpaired) electrons. The Labute approximate surface area is 269 Å². The summed E-state index contributed by atoms with van der Waals surface area (Å²) in [5.41, 5.74) is -1.55. The number of Topliss-reactive ketones (excluding diaryl/α,β-unsaturated/α-hetero) is 1. The van der Waals surface area contributed by atoms with Crippen molar-refractivity contribution < 1.29 is 73.2 Å². The van der Waals surface area contributed by atoms with Gasteiger partial charge < -0.3 is 44.5 Å². The van der Waals surface area contributed by atoms with Crippen LogP contribution < -0.4 is 0 Å². The normalized spacial score (nSPS) is 47.6. The van der Waals surface area contributed by atoms with Gasteiger partial charge in [-0.05, 0) is 60.7 Å². The molecule has 47 heavy (non-hydrogen) atoms. The summed E-state index contributed by atoms with van der Waals surface area (Å²) in [6.45, 7) is 5.83. The number of hydrogen-bond acceptors (Lipinski definition) is 10. The Kier molecular flexibility index (Phi) is 8.05. The van der Waals surface area contributed by atoms with Crippen molar-refractivity contribution in [1.29, 1.82) is 0 Å². The second-order valence-electron chi connectivity index (χ2n) is 15.1. The van der Waals surface area contributed by atoms with Crippen LogP contribution in [0.3, 0.4) is 0 Å². The molecule has 6 aliphatic rings. The zero-order chi connectivity index (χ0) is 34.4. The van der Waals surface area contributed by atoms with Crippen molar-refractivity contribution in [1.82, 2.24) is 0 Å². The third-order valence-electron chi connectivity index (χ3n) is 13.0. The molecule has 2 saturated heterocycles. The van der Waals surface area contributed by atoms with Crippen molar-refractivity contribution in [3.05, 3.63) is 0 Å². The van der Waals surface area contributed by atoms with Crippen molar-refractivity contribution in [2.45, 2.75) is 115 Å². The van der Waals surface area contributed by atoms with Crippen LogP contribution in [0, 0.1) is 46.3 Å². The fourth-order valence-corrected chi connectivity index (χ4v) is 10.7. The Morgan fingerprint density at radius 3 is 1.81 bits per heavy atom. The molecule has 10 unspecified atom stereocenters. The first kappa shape index (κ1) is 33.7. The topological polar surface area (TPSA) is 240 Å². The number of carboxylic acids is 5. The lowest BCUT2D eigenvalue weighted by Crippen LogP contribution is -2.67. The zero-order valence-corrected chi connectivity index (χ0v) is 26.5. The molecule has 0 aromatic rings. The van der Waals surface area contributed by atoms with Crippen molar-refractivity contribution >= 4 is 35.6 Å². The molecule has 15 nitrogen and oxygen atoms in total. The summed E-state index contributed by atoms with van der Waals surface area (Å²) < 4.78 is 24.2. The monoisotopic (exact) mass is 666 g/mol. The average molecular weight is 667 g/mol. The fraction of sp³-hybridized carbons (Fsp3) is 0.812. The molecule has 260 valence electrons. The average Bonchev–Trinajstić information content (AvgIpc) is 3.67. The molecule has 12 atom stereocenters. The first-order chi connectivity index (χ1) is 21.9. The molecule has 2 aliphatic heterocycles. The van der Waals surface area contributed by atoms with Gasteiger partial charge in [0.1, 0.15) is 5.78 Å². The third kappa shape index (κ3) is 4.98. The van der Waals surface area contributed by atoms with Crippen molar-refractivity contribution in [2.75, 3.05) is 0 Å². The highest BCUT2D eigenvalue weighted by atomic mass is 16.8. The molecule has 4 saturated carbocycles. The molecule has 5 N–H and O–H groups in total. The standard InChI is InChI=1S/C32H42O15/c1-13(4-7-19(34)35)15-5-6-16-20-17(10-18(33)30(15,16)3)29(2)8-9-31(44-21(25(36)37)22(45-31)26(38)39)11-14(29)12-32(20)46-23(27(40)41)24(47-32)28(42)43/h13-17,20-24H,4-12H2,1-3H3,(H,34,35)(H,36,37)(H,38,39)(H,40,41)(H,42,43)/t13?,14?,15?,16?,17?,20?,21?,22?,23?,24?,29-,30+,31?,32?/m0/s1. The van der Waals surface area contributed by atoms with Crippen LogP contribution in [-0.4, -0.2) is 97.2 Å². The van der Waals surface area contributed by atoms with E-state index in [1.54, 1.807) is 0 Å². The van der Waals surface area contributed by atoms with Crippen molar-refractivity contribution in [2.24, 2.45) is 46.3 Å². The van der Waals surface area contributed by atoms with Gasteiger partial charge in [-0.3, -0.25) is 9.59 Å². The van der Waals surface area contributed by atoms with Gasteiger partial charge >= 0.3 is 29.8 Å². The van der Waals surface area contributed by atoms with E-state index < -0.39 is 94.4 Å². The van der Waals surface area contributed by atoms with Crippen LogP contribution in [0.25, 0.3) is 0 Å². The van der Waals surface area contributed by atoms with Crippen molar-refractivity contribution in [3.63, 3.8) is 0 Å². The number of carbonyl (C=O) groups is 6. The van der Waals surface area contributed by atoms with E-state index in [1.807, 2.05) is 20.8 Å². The number of aliphatic carboxylic acids is 5. The van der Waals surface area contributed by atoms with E-state index in [0.29, 0.717) is 25.7 Å². The highest BCUT2D eigenvalue weighted by Crippen LogP contribution is 2.72. The Hall–Kier alpha value is -3.14. The largest absolute Gasteiger partial charge is 0.481 e. The minimum atomic E-state index is -1.84. The van der Waals surface area contributed by atoms with Crippen LogP contribution in [-0.2, 0) is 47.7 Å². The van der Waals surface area contributed by atoms with Crippen LogP contribution in [0.2, 0.25) is 0 Å². The second kappa shape index (κ2) is 11.2. The van der Waals surface area contributed by atoms with Crippen LogP contribution in [0.15, 0.2) is 0 Å². The Balaban J connectivity index is 1.41. The molecule has 0 aromatic heterocycles. The number of rotatable bonds is 8. The van der Waals surface area contributed by atoms with Gasteiger partial charge in [0.05, 0.1) is 0 Å². The third-order valence-corrected chi connectivity index (χ3v) is 13.0. The lowest BCUT2D eigenvalue weighted by molar-refractivity contribution is -0.318. The Bertz CT molecular complexity index is 1350. The molecule has 6 fully saturated rings. The lowest BCUT2D eigenvalue weighted by atomic mass is 9.42. The van der Waals surface area contributed by atoms with E-state index >= 15 is 0 Å². The highest BCUT2D eigenvalue weighted by Gasteiger charge is 2.75. The fourth-order valence-electron chi connectivity index (χ4n) is 10.7. The molecule has 0 aromatic carbocycles. The summed E-state index contributed by atoms with van der Waals surface area (Å²) in [4.78, 5) is 74.3. The van der Waals surface area contributed by atoms with Crippen LogP contribution in [0.1, 0.15) is 78.6 Å². The highest BCUT2D eigenvalue weighted by molar-refractivity contribution is 5.87. The molecule has 0 bridgehead atoms. The predicted molar refractivity (Wildman–Crippen MR) is 153 cm³/mol. The van der Waals surface area contributed by atoms with Crippen LogP contribution in [0.4, 0.5) is 0 Å². The first-order valence-corrected chi connectivity index (χ1v) is 16.3. The van der Waals surface area contributed by atoms with Gasteiger partial charge in [-0.2, -0.15) is 0 Å². The quantitative estimate of drug-likeness (QED) is 0.249. The molecule has 0 amide bonds. The maximum atomic E-state index is 14.4. The molecule has 2 spiro atoms. The zero-order valence-electron chi connectivity index (χ0n) is 26.5. The number of carbonyl (C=O) groups excluding carboxylic acids is 1. The summed E-state index contributed by atoms with van der Waals surface area (Å²) in [5.74, 6) is -12.5. The number of carboxylic acid groups (broad SMARTS) is 5. The van der Waals surface area contributed by atoms with Gasteiger partial charge in [0, 0.05) is 43.4 Å². The first-order valence-electron chi connectivity index (χ1n) is 16.3. The van der Waals surface area contributed by atoms with Gasteiger partial charge in [0.15, 0.2) is 36.0 Å². The van der Waals surface area contributed by atoms with Gasteiger partial charge in [0.2, 0.25) is 0 Å².